The molecule has 1 amide bonds. The maximum atomic E-state index is 12.0. The molecule has 88 valence electrons. The van der Waals surface area contributed by atoms with Gasteiger partial charge in [0.15, 0.2) is 0 Å². The minimum Gasteiger partial charge on any atom is -0.382 e. The van der Waals surface area contributed by atoms with Crippen molar-refractivity contribution in [1.29, 1.82) is 0 Å². The van der Waals surface area contributed by atoms with Crippen molar-refractivity contribution in [2.45, 2.75) is 6.92 Å². The van der Waals surface area contributed by atoms with Crippen LogP contribution in [-0.2, 0) is 4.79 Å². The second-order valence-electron chi connectivity index (χ2n) is 4.23. The predicted octanol–water partition coefficient (Wildman–Crippen LogP) is 1.77. The molecule has 1 aromatic carbocycles. The molecule has 0 N–H and O–H groups in total. The summed E-state index contributed by atoms with van der Waals surface area (Å²) in [4.78, 5) is 19.5. The molecule has 0 radical (unpaired) electrons. The number of anilines is 1. The lowest BCUT2D eigenvalue weighted by atomic mass is 10.2. The van der Waals surface area contributed by atoms with Crippen LogP contribution in [0.15, 0.2) is 41.2 Å². The lowest BCUT2D eigenvalue weighted by Gasteiger charge is -2.12. The van der Waals surface area contributed by atoms with E-state index in [-0.39, 0.29) is 5.91 Å². The minimum absolute atomic E-state index is 0.0949. The molecule has 0 unspecified atom stereocenters. The average molecular weight is 229 g/mol. The number of amides is 1. The molecule has 1 aliphatic rings. The maximum absolute atomic E-state index is 12.0. The van der Waals surface area contributed by atoms with Crippen LogP contribution < -0.4 is 4.90 Å². The Morgan fingerprint density at radius 1 is 1.24 bits per heavy atom. The Hall–Kier alpha value is -2.10. The molecule has 17 heavy (non-hydrogen) atoms. The van der Waals surface area contributed by atoms with Gasteiger partial charge in [0.05, 0.1) is 5.69 Å². The predicted molar refractivity (Wildman–Crippen MR) is 68.9 cm³/mol. The van der Waals surface area contributed by atoms with Crippen LogP contribution in [0.3, 0.4) is 0 Å². The van der Waals surface area contributed by atoms with E-state index < -0.39 is 0 Å². The molecule has 0 fully saturated rings. The van der Waals surface area contributed by atoms with Crippen molar-refractivity contribution >= 4 is 17.9 Å². The summed E-state index contributed by atoms with van der Waals surface area (Å²) < 4.78 is 0. The number of hydrogen-bond acceptors (Lipinski definition) is 3. The molecule has 0 aromatic heterocycles. The SMILES string of the molecule is Cc1ccc(N2C=NC(=CN(C)C)C2=O)cc1. The summed E-state index contributed by atoms with van der Waals surface area (Å²) in [5.74, 6) is -0.0949. The van der Waals surface area contributed by atoms with E-state index in [2.05, 4.69) is 4.99 Å². The lowest BCUT2D eigenvalue weighted by molar-refractivity contribution is -0.113. The number of benzene rings is 1. The monoisotopic (exact) mass is 229 g/mol. The zero-order valence-corrected chi connectivity index (χ0v) is 10.2. The van der Waals surface area contributed by atoms with E-state index in [4.69, 9.17) is 0 Å². The van der Waals surface area contributed by atoms with Crippen LogP contribution >= 0.6 is 0 Å². The normalized spacial score (nSPS) is 17.0. The summed E-state index contributed by atoms with van der Waals surface area (Å²) in [6, 6.07) is 7.78. The van der Waals surface area contributed by atoms with Crippen molar-refractivity contribution in [2.24, 2.45) is 4.99 Å². The van der Waals surface area contributed by atoms with Gasteiger partial charge in [-0.25, -0.2) is 4.99 Å². The smallest absolute Gasteiger partial charge is 0.283 e. The van der Waals surface area contributed by atoms with Gasteiger partial charge in [0.1, 0.15) is 12.0 Å². The summed E-state index contributed by atoms with van der Waals surface area (Å²) in [6.45, 7) is 2.01. The first-order chi connectivity index (χ1) is 8.08. The number of carbonyl (C=O) groups is 1. The highest BCUT2D eigenvalue weighted by Crippen LogP contribution is 2.20. The summed E-state index contributed by atoms with van der Waals surface area (Å²) >= 11 is 0. The summed E-state index contributed by atoms with van der Waals surface area (Å²) in [6.07, 6.45) is 3.27. The van der Waals surface area contributed by atoms with E-state index >= 15 is 0 Å². The Balaban J connectivity index is 2.24. The first-order valence-electron chi connectivity index (χ1n) is 5.40. The van der Waals surface area contributed by atoms with Gasteiger partial charge < -0.3 is 4.90 Å². The van der Waals surface area contributed by atoms with Gasteiger partial charge >= 0.3 is 0 Å². The molecule has 0 saturated heterocycles. The first kappa shape index (κ1) is 11.4. The number of rotatable bonds is 2. The van der Waals surface area contributed by atoms with E-state index in [1.54, 1.807) is 17.4 Å². The van der Waals surface area contributed by atoms with Gasteiger partial charge in [0, 0.05) is 20.3 Å². The van der Waals surface area contributed by atoms with Crippen molar-refractivity contribution in [2.75, 3.05) is 19.0 Å². The fraction of sp³-hybridized carbons (Fsp3) is 0.231. The molecule has 2 rings (SSSR count). The fourth-order valence-corrected chi connectivity index (χ4v) is 1.57. The highest BCUT2D eigenvalue weighted by molar-refractivity contribution is 6.20. The molecule has 1 heterocycles. The van der Waals surface area contributed by atoms with Crippen molar-refractivity contribution in [3.63, 3.8) is 0 Å². The Labute approximate surface area is 101 Å². The minimum atomic E-state index is -0.0949. The zero-order valence-electron chi connectivity index (χ0n) is 10.2. The first-order valence-corrected chi connectivity index (χ1v) is 5.40. The summed E-state index contributed by atoms with van der Waals surface area (Å²) in [7, 11) is 3.73. The van der Waals surface area contributed by atoms with Gasteiger partial charge in [-0.1, -0.05) is 17.7 Å². The third-order valence-electron chi connectivity index (χ3n) is 2.44. The van der Waals surface area contributed by atoms with Crippen molar-refractivity contribution in [1.82, 2.24) is 4.90 Å². The average Bonchev–Trinajstić information content (AvgIpc) is 2.61. The van der Waals surface area contributed by atoms with E-state index in [9.17, 15) is 4.79 Å². The van der Waals surface area contributed by atoms with E-state index in [1.165, 1.54) is 5.56 Å². The molecule has 1 aromatic rings. The van der Waals surface area contributed by atoms with Crippen LogP contribution in [0.5, 0.6) is 0 Å². The van der Waals surface area contributed by atoms with E-state index in [1.807, 2.05) is 50.2 Å². The molecule has 0 spiro atoms. The molecule has 0 bridgehead atoms. The van der Waals surface area contributed by atoms with Gasteiger partial charge in [0.25, 0.3) is 5.91 Å². The topological polar surface area (TPSA) is 35.9 Å². The second-order valence-corrected chi connectivity index (χ2v) is 4.23. The Morgan fingerprint density at radius 2 is 1.88 bits per heavy atom. The second kappa shape index (κ2) is 4.41. The standard InChI is InChI=1S/C13H15N3O/c1-10-4-6-11(7-5-10)16-9-14-12(13(16)17)8-15(2)3/h4-9H,1-3H3. The van der Waals surface area contributed by atoms with Crippen LogP contribution in [-0.4, -0.2) is 31.2 Å². The van der Waals surface area contributed by atoms with Gasteiger partial charge in [-0.3, -0.25) is 9.69 Å². The number of carbonyl (C=O) groups excluding carboxylic acids is 1. The maximum Gasteiger partial charge on any atom is 0.283 e. The third-order valence-corrected chi connectivity index (χ3v) is 2.44. The highest BCUT2D eigenvalue weighted by atomic mass is 16.2. The van der Waals surface area contributed by atoms with Crippen LogP contribution in [0.4, 0.5) is 5.69 Å². The Bertz CT molecular complexity index is 486. The largest absolute Gasteiger partial charge is 0.382 e. The van der Waals surface area contributed by atoms with Crippen LogP contribution in [0.1, 0.15) is 5.56 Å². The van der Waals surface area contributed by atoms with Gasteiger partial charge in [0.2, 0.25) is 0 Å². The van der Waals surface area contributed by atoms with Crippen LogP contribution in [0.25, 0.3) is 0 Å². The molecule has 0 aliphatic carbocycles. The molecule has 1 aliphatic heterocycles. The van der Waals surface area contributed by atoms with E-state index in [0.717, 1.165) is 5.69 Å². The fourth-order valence-electron chi connectivity index (χ4n) is 1.57. The molecule has 4 heteroatoms. The summed E-state index contributed by atoms with van der Waals surface area (Å²) in [5, 5.41) is 0. The lowest BCUT2D eigenvalue weighted by Crippen LogP contribution is -2.25. The Kier molecular flexibility index (Phi) is 2.95. The van der Waals surface area contributed by atoms with Crippen LogP contribution in [0.2, 0.25) is 0 Å². The molecule has 0 atom stereocenters. The molecule has 0 saturated carbocycles. The molecular formula is C13H15N3O. The number of nitrogens with zero attached hydrogens (tertiary/aromatic N) is 3. The number of aliphatic imine (C=N–C) groups is 1. The van der Waals surface area contributed by atoms with Gasteiger partial charge in [-0.15, -0.1) is 0 Å². The third kappa shape index (κ3) is 2.36. The molecule has 4 nitrogen and oxygen atoms in total. The highest BCUT2D eigenvalue weighted by Gasteiger charge is 2.23. The van der Waals surface area contributed by atoms with Gasteiger partial charge in [-0.05, 0) is 19.1 Å². The Morgan fingerprint density at radius 3 is 2.47 bits per heavy atom. The van der Waals surface area contributed by atoms with Crippen molar-refractivity contribution in [3.05, 3.63) is 41.7 Å². The summed E-state index contributed by atoms with van der Waals surface area (Å²) in [5.41, 5.74) is 2.46. The number of aryl methyl sites for hydroxylation is 1. The van der Waals surface area contributed by atoms with Crippen molar-refractivity contribution in [3.8, 4) is 0 Å². The molecular weight excluding hydrogens is 214 g/mol. The quantitative estimate of drug-likeness (QED) is 0.725. The van der Waals surface area contributed by atoms with Gasteiger partial charge in [-0.2, -0.15) is 0 Å². The van der Waals surface area contributed by atoms with E-state index in [0.29, 0.717) is 5.70 Å². The van der Waals surface area contributed by atoms with Crippen molar-refractivity contribution < 1.29 is 4.79 Å². The zero-order chi connectivity index (χ0) is 12.4. The number of hydrogen-bond donors (Lipinski definition) is 0. The van der Waals surface area contributed by atoms with Crippen LogP contribution in [0, 0.1) is 6.92 Å².